The Morgan fingerprint density at radius 1 is 1.36 bits per heavy atom. The molecule has 84 valence electrons. The third-order valence-corrected chi connectivity index (χ3v) is 3.57. The predicted molar refractivity (Wildman–Crippen MR) is 58.2 cm³/mol. The van der Waals surface area contributed by atoms with E-state index < -0.39 is 5.60 Å². The van der Waals surface area contributed by atoms with Crippen molar-refractivity contribution in [3.05, 3.63) is 0 Å². The highest BCUT2D eigenvalue weighted by molar-refractivity contribution is 4.93. The quantitative estimate of drug-likeness (QED) is 0.759. The van der Waals surface area contributed by atoms with Crippen LogP contribution in [-0.4, -0.2) is 23.9 Å². The minimum Gasteiger partial charge on any atom is -0.387 e. The smallest absolute Gasteiger partial charge is 0.0905 e. The molecule has 0 heterocycles. The molecule has 1 fully saturated rings. The molecule has 0 amide bonds. The second-order valence-electron chi connectivity index (χ2n) is 5.51. The van der Waals surface area contributed by atoms with E-state index >= 15 is 0 Å². The van der Waals surface area contributed by atoms with Crippen molar-refractivity contribution in [1.29, 1.82) is 0 Å². The van der Waals surface area contributed by atoms with Crippen LogP contribution in [0.25, 0.3) is 0 Å². The summed E-state index contributed by atoms with van der Waals surface area (Å²) in [6.07, 6.45) is 3.07. The van der Waals surface area contributed by atoms with Gasteiger partial charge in [0.05, 0.1) is 12.2 Å². The largest absolute Gasteiger partial charge is 0.387 e. The van der Waals surface area contributed by atoms with Crippen molar-refractivity contribution in [2.45, 2.75) is 52.6 Å². The molecule has 0 spiro atoms. The molecule has 14 heavy (non-hydrogen) atoms. The van der Waals surface area contributed by atoms with Gasteiger partial charge in [0, 0.05) is 6.61 Å². The third kappa shape index (κ3) is 2.71. The predicted octanol–water partition coefficient (Wildman–Crippen LogP) is 2.60. The molecule has 0 bridgehead atoms. The second-order valence-corrected chi connectivity index (χ2v) is 5.51. The van der Waals surface area contributed by atoms with E-state index in [-0.39, 0.29) is 0 Å². The molecule has 1 rings (SSSR count). The molecule has 1 saturated carbocycles. The molecule has 2 unspecified atom stereocenters. The molecule has 0 saturated heterocycles. The van der Waals surface area contributed by atoms with Gasteiger partial charge in [-0.1, -0.05) is 20.8 Å². The van der Waals surface area contributed by atoms with Gasteiger partial charge in [-0.3, -0.25) is 0 Å². The van der Waals surface area contributed by atoms with Crippen molar-refractivity contribution < 1.29 is 9.84 Å². The summed E-state index contributed by atoms with van der Waals surface area (Å²) in [6.45, 7) is 9.87. The maximum absolute atomic E-state index is 10.4. The summed E-state index contributed by atoms with van der Waals surface area (Å²) in [4.78, 5) is 0. The monoisotopic (exact) mass is 200 g/mol. The van der Waals surface area contributed by atoms with E-state index in [2.05, 4.69) is 20.8 Å². The first-order valence-electron chi connectivity index (χ1n) is 5.70. The first kappa shape index (κ1) is 12.0. The topological polar surface area (TPSA) is 29.5 Å². The maximum atomic E-state index is 10.4. The lowest BCUT2D eigenvalue weighted by molar-refractivity contribution is -0.117. The van der Waals surface area contributed by atoms with Crippen LogP contribution >= 0.6 is 0 Å². The Labute approximate surface area is 87.7 Å². The molecular weight excluding hydrogens is 176 g/mol. The van der Waals surface area contributed by atoms with Gasteiger partial charge in [-0.05, 0) is 37.5 Å². The Kier molecular flexibility index (Phi) is 3.59. The van der Waals surface area contributed by atoms with E-state index in [4.69, 9.17) is 4.74 Å². The Bertz CT molecular complexity index is 189. The van der Waals surface area contributed by atoms with Crippen LogP contribution in [0.1, 0.15) is 47.0 Å². The molecule has 1 N–H and O–H groups in total. The van der Waals surface area contributed by atoms with E-state index in [9.17, 15) is 5.11 Å². The number of aliphatic hydroxyl groups is 1. The van der Waals surface area contributed by atoms with Crippen LogP contribution in [0.5, 0.6) is 0 Å². The first-order chi connectivity index (χ1) is 6.40. The minimum atomic E-state index is -0.578. The molecule has 1 aliphatic rings. The SMILES string of the molecule is CCOCC1(O)CCC(C)(C)CC1C. The van der Waals surface area contributed by atoms with Crippen molar-refractivity contribution in [3.63, 3.8) is 0 Å². The lowest BCUT2D eigenvalue weighted by atomic mass is 9.66. The Morgan fingerprint density at radius 2 is 2.00 bits per heavy atom. The molecule has 0 aromatic heterocycles. The van der Waals surface area contributed by atoms with Gasteiger partial charge in [-0.25, -0.2) is 0 Å². The highest BCUT2D eigenvalue weighted by Crippen LogP contribution is 2.43. The molecule has 0 aromatic carbocycles. The number of hydrogen-bond acceptors (Lipinski definition) is 2. The fraction of sp³-hybridized carbons (Fsp3) is 1.00. The van der Waals surface area contributed by atoms with Crippen molar-refractivity contribution in [1.82, 2.24) is 0 Å². The van der Waals surface area contributed by atoms with Crippen molar-refractivity contribution in [2.75, 3.05) is 13.2 Å². The highest BCUT2D eigenvalue weighted by atomic mass is 16.5. The first-order valence-corrected chi connectivity index (χ1v) is 5.70. The fourth-order valence-electron chi connectivity index (χ4n) is 2.42. The Balaban J connectivity index is 2.55. The van der Waals surface area contributed by atoms with Crippen molar-refractivity contribution >= 4 is 0 Å². The highest BCUT2D eigenvalue weighted by Gasteiger charge is 2.42. The van der Waals surface area contributed by atoms with Crippen molar-refractivity contribution in [3.8, 4) is 0 Å². The second kappa shape index (κ2) is 4.19. The molecule has 2 nitrogen and oxygen atoms in total. The summed E-state index contributed by atoms with van der Waals surface area (Å²) in [5, 5.41) is 10.4. The molecular formula is C12H24O2. The molecule has 0 aliphatic heterocycles. The normalized spacial score (nSPS) is 37.1. The number of rotatable bonds is 3. The van der Waals surface area contributed by atoms with Crippen molar-refractivity contribution in [2.24, 2.45) is 11.3 Å². The van der Waals surface area contributed by atoms with Gasteiger partial charge in [-0.15, -0.1) is 0 Å². The van der Waals surface area contributed by atoms with Crippen LogP contribution in [0.2, 0.25) is 0 Å². The van der Waals surface area contributed by atoms with Gasteiger partial charge in [0.1, 0.15) is 0 Å². The Hall–Kier alpha value is -0.0800. The zero-order valence-electron chi connectivity index (χ0n) is 9.97. The van der Waals surface area contributed by atoms with Gasteiger partial charge in [0.15, 0.2) is 0 Å². The van der Waals surface area contributed by atoms with Crippen LogP contribution in [-0.2, 0) is 4.74 Å². The van der Waals surface area contributed by atoms with E-state index in [1.165, 1.54) is 0 Å². The summed E-state index contributed by atoms with van der Waals surface area (Å²) >= 11 is 0. The average Bonchev–Trinajstić information content (AvgIpc) is 2.09. The molecule has 2 heteroatoms. The van der Waals surface area contributed by atoms with Gasteiger partial charge >= 0.3 is 0 Å². The van der Waals surface area contributed by atoms with E-state index in [1.807, 2.05) is 6.92 Å². The van der Waals surface area contributed by atoms with Crippen LogP contribution in [0, 0.1) is 11.3 Å². The lowest BCUT2D eigenvalue weighted by Crippen LogP contribution is -2.47. The fourth-order valence-corrected chi connectivity index (χ4v) is 2.42. The number of ether oxygens (including phenoxy) is 1. The van der Waals surface area contributed by atoms with Gasteiger partial charge < -0.3 is 9.84 Å². The summed E-state index contributed by atoms with van der Waals surface area (Å²) in [7, 11) is 0. The van der Waals surface area contributed by atoms with Crippen LogP contribution in [0.4, 0.5) is 0 Å². The molecule has 1 aliphatic carbocycles. The van der Waals surface area contributed by atoms with Crippen LogP contribution in [0.15, 0.2) is 0 Å². The zero-order valence-corrected chi connectivity index (χ0v) is 9.97. The number of hydrogen-bond donors (Lipinski definition) is 1. The molecule has 2 atom stereocenters. The zero-order chi connectivity index (χ0) is 10.8. The average molecular weight is 200 g/mol. The Morgan fingerprint density at radius 3 is 2.50 bits per heavy atom. The summed E-state index contributed by atoms with van der Waals surface area (Å²) in [5.41, 5.74) is -0.191. The standard InChI is InChI=1S/C12H24O2/c1-5-14-9-12(13)7-6-11(3,4)8-10(12)2/h10,13H,5-9H2,1-4H3. The molecule has 0 radical (unpaired) electrons. The lowest BCUT2D eigenvalue weighted by Gasteiger charge is -2.45. The summed E-state index contributed by atoms with van der Waals surface area (Å²) in [6, 6.07) is 0. The van der Waals surface area contributed by atoms with Crippen LogP contribution in [0.3, 0.4) is 0 Å². The van der Waals surface area contributed by atoms with Gasteiger partial charge in [-0.2, -0.15) is 0 Å². The maximum Gasteiger partial charge on any atom is 0.0905 e. The minimum absolute atomic E-state index is 0.345. The summed E-state index contributed by atoms with van der Waals surface area (Å²) < 4.78 is 5.36. The van der Waals surface area contributed by atoms with Gasteiger partial charge in [0.25, 0.3) is 0 Å². The van der Waals surface area contributed by atoms with Crippen LogP contribution < -0.4 is 0 Å². The third-order valence-electron chi connectivity index (χ3n) is 3.57. The van der Waals surface area contributed by atoms with E-state index in [0.717, 1.165) is 19.3 Å². The van der Waals surface area contributed by atoms with E-state index in [0.29, 0.717) is 24.5 Å². The summed E-state index contributed by atoms with van der Waals surface area (Å²) in [5.74, 6) is 0.345. The van der Waals surface area contributed by atoms with E-state index in [1.54, 1.807) is 0 Å². The molecule has 0 aromatic rings. The van der Waals surface area contributed by atoms with Gasteiger partial charge in [0.2, 0.25) is 0 Å².